The second-order valence-electron chi connectivity index (χ2n) is 4.14. The number of benzene rings is 1. The van der Waals surface area contributed by atoms with E-state index in [1.165, 1.54) is 11.3 Å². The summed E-state index contributed by atoms with van der Waals surface area (Å²) >= 11 is 3.32. The molecule has 2 heterocycles. The standard InChI is InChI=1S/C12H13N3OS2/c13-12-14-9-2-1-8(7-10(9)18-12)11(16)15-3-5-17-6-4-15/h1-2,7H,3-6H2,(H2,13,14). The van der Waals surface area contributed by atoms with Crippen LogP contribution < -0.4 is 5.73 Å². The van der Waals surface area contributed by atoms with Crippen molar-refractivity contribution in [1.82, 2.24) is 9.88 Å². The molecule has 1 amide bonds. The number of nitrogens with two attached hydrogens (primary N) is 1. The van der Waals surface area contributed by atoms with Gasteiger partial charge < -0.3 is 10.6 Å². The molecule has 0 saturated carbocycles. The van der Waals surface area contributed by atoms with Crippen LogP contribution in [0.1, 0.15) is 10.4 Å². The van der Waals surface area contributed by atoms with E-state index in [1.54, 1.807) is 0 Å². The Balaban J connectivity index is 1.90. The molecule has 18 heavy (non-hydrogen) atoms. The number of rotatable bonds is 1. The summed E-state index contributed by atoms with van der Waals surface area (Å²) in [5, 5.41) is 0.545. The summed E-state index contributed by atoms with van der Waals surface area (Å²) < 4.78 is 0.977. The van der Waals surface area contributed by atoms with Crippen LogP contribution in [0.4, 0.5) is 5.13 Å². The Morgan fingerprint density at radius 3 is 2.89 bits per heavy atom. The van der Waals surface area contributed by atoms with Crippen LogP contribution in [0.25, 0.3) is 10.2 Å². The van der Waals surface area contributed by atoms with E-state index in [0.717, 1.165) is 40.4 Å². The number of hydrogen-bond donors (Lipinski definition) is 1. The zero-order chi connectivity index (χ0) is 12.5. The summed E-state index contributed by atoms with van der Waals surface area (Å²) in [6, 6.07) is 5.60. The highest BCUT2D eigenvalue weighted by atomic mass is 32.2. The average molecular weight is 279 g/mol. The van der Waals surface area contributed by atoms with Crippen molar-refractivity contribution in [3.05, 3.63) is 23.8 Å². The fraction of sp³-hybridized carbons (Fsp3) is 0.333. The lowest BCUT2D eigenvalue weighted by atomic mass is 10.2. The van der Waals surface area contributed by atoms with Gasteiger partial charge in [-0.15, -0.1) is 0 Å². The molecule has 0 atom stereocenters. The predicted octanol–water partition coefficient (Wildman–Crippen LogP) is 2.07. The Hall–Kier alpha value is -1.27. The van der Waals surface area contributed by atoms with Gasteiger partial charge in [0, 0.05) is 30.2 Å². The van der Waals surface area contributed by atoms with E-state index >= 15 is 0 Å². The number of hydrogen-bond acceptors (Lipinski definition) is 5. The number of thioether (sulfide) groups is 1. The Labute approximate surface area is 113 Å². The number of nitrogens with zero attached hydrogens (tertiary/aromatic N) is 2. The van der Waals surface area contributed by atoms with Crippen LogP contribution >= 0.6 is 23.1 Å². The van der Waals surface area contributed by atoms with Gasteiger partial charge in [-0.25, -0.2) is 4.98 Å². The third-order valence-corrected chi connectivity index (χ3v) is 4.74. The maximum Gasteiger partial charge on any atom is 0.253 e. The molecule has 1 aliphatic heterocycles. The van der Waals surface area contributed by atoms with Crippen molar-refractivity contribution in [3.8, 4) is 0 Å². The monoisotopic (exact) mass is 279 g/mol. The zero-order valence-corrected chi connectivity index (χ0v) is 11.4. The number of fused-ring (bicyclic) bond motifs is 1. The van der Waals surface area contributed by atoms with Gasteiger partial charge in [0.1, 0.15) is 0 Å². The van der Waals surface area contributed by atoms with E-state index in [-0.39, 0.29) is 5.91 Å². The molecular weight excluding hydrogens is 266 g/mol. The average Bonchev–Trinajstić information content (AvgIpc) is 2.78. The summed E-state index contributed by atoms with van der Waals surface area (Å²) in [6.07, 6.45) is 0. The molecular formula is C12H13N3OS2. The van der Waals surface area contributed by atoms with Gasteiger partial charge in [-0.2, -0.15) is 11.8 Å². The third-order valence-electron chi connectivity index (χ3n) is 2.95. The van der Waals surface area contributed by atoms with Crippen molar-refractivity contribution in [3.63, 3.8) is 0 Å². The molecule has 3 rings (SSSR count). The van der Waals surface area contributed by atoms with E-state index in [0.29, 0.717) is 5.13 Å². The SMILES string of the molecule is Nc1nc2ccc(C(=O)N3CCSCC3)cc2s1. The Bertz CT molecular complexity index is 590. The van der Waals surface area contributed by atoms with Crippen molar-refractivity contribution < 1.29 is 4.79 Å². The van der Waals surface area contributed by atoms with Gasteiger partial charge in [0.2, 0.25) is 0 Å². The van der Waals surface area contributed by atoms with E-state index < -0.39 is 0 Å². The lowest BCUT2D eigenvalue weighted by molar-refractivity contribution is 0.0772. The summed E-state index contributed by atoms with van der Waals surface area (Å²) in [6.45, 7) is 1.68. The van der Waals surface area contributed by atoms with Crippen LogP contribution in [-0.4, -0.2) is 40.4 Å². The minimum absolute atomic E-state index is 0.115. The summed E-state index contributed by atoms with van der Waals surface area (Å²) in [7, 11) is 0. The molecule has 1 aromatic carbocycles. The Kier molecular flexibility index (Phi) is 3.13. The smallest absolute Gasteiger partial charge is 0.253 e. The molecule has 94 valence electrons. The molecule has 2 N–H and O–H groups in total. The van der Waals surface area contributed by atoms with Crippen molar-refractivity contribution in [2.24, 2.45) is 0 Å². The zero-order valence-electron chi connectivity index (χ0n) is 9.76. The lowest BCUT2D eigenvalue weighted by Crippen LogP contribution is -2.37. The Morgan fingerprint density at radius 1 is 1.33 bits per heavy atom. The fourth-order valence-electron chi connectivity index (χ4n) is 2.02. The van der Waals surface area contributed by atoms with Crippen LogP contribution in [0.5, 0.6) is 0 Å². The quantitative estimate of drug-likeness (QED) is 0.868. The van der Waals surface area contributed by atoms with Gasteiger partial charge in [0.05, 0.1) is 10.2 Å². The number of aromatic nitrogens is 1. The van der Waals surface area contributed by atoms with Gasteiger partial charge in [-0.1, -0.05) is 11.3 Å². The van der Waals surface area contributed by atoms with Crippen LogP contribution in [0, 0.1) is 0 Å². The van der Waals surface area contributed by atoms with Crippen molar-refractivity contribution in [2.75, 3.05) is 30.3 Å². The molecule has 0 radical (unpaired) electrons. The topological polar surface area (TPSA) is 59.2 Å². The van der Waals surface area contributed by atoms with Gasteiger partial charge in [0.15, 0.2) is 5.13 Å². The summed E-state index contributed by atoms with van der Waals surface area (Å²) in [5.41, 5.74) is 7.27. The number of thiazole rings is 1. The number of anilines is 1. The highest BCUT2D eigenvalue weighted by molar-refractivity contribution is 7.99. The van der Waals surface area contributed by atoms with E-state index in [1.807, 2.05) is 34.9 Å². The fourth-order valence-corrected chi connectivity index (χ4v) is 3.70. The molecule has 0 unspecified atom stereocenters. The van der Waals surface area contributed by atoms with Crippen molar-refractivity contribution in [1.29, 1.82) is 0 Å². The predicted molar refractivity (Wildman–Crippen MR) is 77.3 cm³/mol. The van der Waals surface area contributed by atoms with Gasteiger partial charge in [-0.3, -0.25) is 4.79 Å². The maximum atomic E-state index is 12.3. The summed E-state index contributed by atoms with van der Waals surface area (Å²) in [4.78, 5) is 18.4. The first-order valence-electron chi connectivity index (χ1n) is 5.77. The van der Waals surface area contributed by atoms with Crippen LogP contribution in [0.15, 0.2) is 18.2 Å². The van der Waals surface area contributed by atoms with Crippen molar-refractivity contribution in [2.45, 2.75) is 0 Å². The van der Waals surface area contributed by atoms with Crippen molar-refractivity contribution >= 4 is 44.4 Å². The Morgan fingerprint density at radius 2 is 2.11 bits per heavy atom. The summed E-state index contributed by atoms with van der Waals surface area (Å²) in [5.74, 6) is 2.17. The highest BCUT2D eigenvalue weighted by Gasteiger charge is 2.18. The largest absolute Gasteiger partial charge is 0.375 e. The third kappa shape index (κ3) is 2.18. The second-order valence-corrected chi connectivity index (χ2v) is 6.43. The molecule has 1 aliphatic rings. The van der Waals surface area contributed by atoms with Crippen LogP contribution in [-0.2, 0) is 0 Å². The molecule has 1 fully saturated rings. The van der Waals surface area contributed by atoms with Crippen LogP contribution in [0.3, 0.4) is 0 Å². The minimum atomic E-state index is 0.115. The number of carbonyl (C=O) groups excluding carboxylic acids is 1. The van der Waals surface area contributed by atoms with Crippen LogP contribution in [0.2, 0.25) is 0 Å². The first-order chi connectivity index (χ1) is 8.74. The molecule has 0 aliphatic carbocycles. The lowest BCUT2D eigenvalue weighted by Gasteiger charge is -2.26. The van der Waals surface area contributed by atoms with Gasteiger partial charge in [-0.05, 0) is 18.2 Å². The molecule has 4 nitrogen and oxygen atoms in total. The number of amides is 1. The first kappa shape index (κ1) is 11.8. The van der Waals surface area contributed by atoms with E-state index in [2.05, 4.69) is 4.98 Å². The highest BCUT2D eigenvalue weighted by Crippen LogP contribution is 2.25. The number of carbonyl (C=O) groups is 1. The number of nitrogen functional groups attached to an aromatic ring is 1. The molecule has 6 heteroatoms. The molecule has 0 spiro atoms. The first-order valence-corrected chi connectivity index (χ1v) is 7.74. The van der Waals surface area contributed by atoms with E-state index in [4.69, 9.17) is 5.73 Å². The minimum Gasteiger partial charge on any atom is -0.375 e. The second kappa shape index (κ2) is 4.78. The molecule has 1 aromatic heterocycles. The normalized spacial score (nSPS) is 16.1. The van der Waals surface area contributed by atoms with Gasteiger partial charge >= 0.3 is 0 Å². The maximum absolute atomic E-state index is 12.3. The van der Waals surface area contributed by atoms with Gasteiger partial charge in [0.25, 0.3) is 5.91 Å². The molecule has 0 bridgehead atoms. The van der Waals surface area contributed by atoms with E-state index in [9.17, 15) is 4.79 Å². The molecule has 2 aromatic rings. The molecule has 1 saturated heterocycles.